The molecule has 2 aromatic rings. The molecule has 0 radical (unpaired) electrons. The van der Waals surface area contributed by atoms with Crippen LogP contribution in [0.4, 0.5) is 0 Å². The highest BCUT2D eigenvalue weighted by Gasteiger charge is 2.26. The van der Waals surface area contributed by atoms with E-state index in [-0.39, 0.29) is 11.7 Å². The van der Waals surface area contributed by atoms with Crippen molar-refractivity contribution in [3.63, 3.8) is 0 Å². The van der Waals surface area contributed by atoms with Gasteiger partial charge in [-0.25, -0.2) is 0 Å². The number of benzene rings is 2. The van der Waals surface area contributed by atoms with Crippen molar-refractivity contribution < 1.29 is 9.90 Å². The van der Waals surface area contributed by atoms with E-state index in [9.17, 15) is 9.90 Å². The smallest absolute Gasteiger partial charge is 0.258 e. The molecule has 120 valence electrons. The summed E-state index contributed by atoms with van der Waals surface area (Å²) in [6, 6.07) is 11.6. The van der Waals surface area contributed by atoms with Crippen LogP contribution in [0.1, 0.15) is 52.4 Å². The molecular weight excluding hydrogens is 354 g/mol. The van der Waals surface area contributed by atoms with Gasteiger partial charge in [0.15, 0.2) is 0 Å². The number of alkyl halides is 1. The van der Waals surface area contributed by atoms with Gasteiger partial charge < -0.3 is 10.0 Å². The molecule has 23 heavy (non-hydrogen) atoms. The molecule has 2 aromatic carbocycles. The number of fused-ring (bicyclic) bond motifs is 1. The van der Waals surface area contributed by atoms with E-state index in [2.05, 4.69) is 41.9 Å². The zero-order valence-electron chi connectivity index (χ0n) is 13.3. The summed E-state index contributed by atoms with van der Waals surface area (Å²) in [6.45, 7) is 5.40. The number of phenols is 1. The number of rotatable bonds is 3. The maximum atomic E-state index is 12.9. The molecule has 0 saturated carbocycles. The molecule has 1 N–H and O–H groups in total. The van der Waals surface area contributed by atoms with E-state index in [1.165, 1.54) is 11.1 Å². The maximum absolute atomic E-state index is 12.9. The van der Waals surface area contributed by atoms with Crippen molar-refractivity contribution in [3.05, 3.63) is 64.2 Å². The Morgan fingerprint density at radius 1 is 1.22 bits per heavy atom. The van der Waals surface area contributed by atoms with Gasteiger partial charge in [0, 0.05) is 18.4 Å². The van der Waals surface area contributed by atoms with E-state index in [0.717, 1.165) is 11.1 Å². The Morgan fingerprint density at radius 3 is 2.35 bits per heavy atom. The molecule has 1 aliphatic rings. The Morgan fingerprint density at radius 2 is 1.83 bits per heavy atom. The molecule has 4 heteroatoms. The van der Waals surface area contributed by atoms with Crippen molar-refractivity contribution in [3.8, 4) is 5.75 Å². The van der Waals surface area contributed by atoms with Gasteiger partial charge in [-0.3, -0.25) is 4.79 Å². The first-order valence-electron chi connectivity index (χ1n) is 7.79. The van der Waals surface area contributed by atoms with Crippen molar-refractivity contribution in [1.29, 1.82) is 0 Å². The van der Waals surface area contributed by atoms with Gasteiger partial charge in [0.2, 0.25) is 0 Å². The van der Waals surface area contributed by atoms with Gasteiger partial charge in [0.05, 0.1) is 5.56 Å². The Balaban J connectivity index is 1.93. The van der Waals surface area contributed by atoms with E-state index in [1.54, 1.807) is 11.0 Å². The van der Waals surface area contributed by atoms with Gasteiger partial charge in [0.25, 0.3) is 5.91 Å². The lowest BCUT2D eigenvalue weighted by Gasteiger charge is -2.19. The third-order valence-electron chi connectivity index (χ3n) is 4.38. The Kier molecular flexibility index (Phi) is 4.44. The number of hydrogen-bond acceptors (Lipinski definition) is 2. The summed E-state index contributed by atoms with van der Waals surface area (Å²) >= 11 is 3.45. The lowest BCUT2D eigenvalue weighted by Crippen LogP contribution is -2.25. The number of aromatic hydroxyl groups is 1. The molecule has 0 spiro atoms. The monoisotopic (exact) mass is 373 g/mol. The highest BCUT2D eigenvalue weighted by Crippen LogP contribution is 2.32. The molecule has 3 nitrogen and oxygen atoms in total. The first-order valence-corrected chi connectivity index (χ1v) is 8.91. The summed E-state index contributed by atoms with van der Waals surface area (Å²) in [4.78, 5) is 14.7. The van der Waals surface area contributed by atoms with Gasteiger partial charge in [-0.05, 0) is 40.3 Å². The minimum Gasteiger partial charge on any atom is -0.507 e. The van der Waals surface area contributed by atoms with Crippen LogP contribution < -0.4 is 0 Å². The summed E-state index contributed by atoms with van der Waals surface area (Å²) in [6.07, 6.45) is 0. The number of halogens is 1. The molecule has 0 unspecified atom stereocenters. The van der Waals surface area contributed by atoms with Crippen LogP contribution >= 0.6 is 15.9 Å². The predicted octanol–water partition coefficient (Wildman–Crippen LogP) is 4.57. The van der Waals surface area contributed by atoms with Crippen LogP contribution in [0, 0.1) is 0 Å². The molecule has 0 saturated heterocycles. The fourth-order valence-corrected chi connectivity index (χ4v) is 3.61. The van der Waals surface area contributed by atoms with E-state index in [1.807, 2.05) is 18.2 Å². The van der Waals surface area contributed by atoms with Crippen LogP contribution in [-0.4, -0.2) is 15.9 Å². The van der Waals surface area contributed by atoms with Gasteiger partial charge in [-0.15, -0.1) is 0 Å². The topological polar surface area (TPSA) is 40.5 Å². The molecule has 0 fully saturated rings. The van der Waals surface area contributed by atoms with E-state index in [0.29, 0.717) is 29.9 Å². The summed E-state index contributed by atoms with van der Waals surface area (Å²) in [5.74, 6) is 0.247. The minimum absolute atomic E-state index is 0.0600. The molecule has 1 aliphatic heterocycles. The van der Waals surface area contributed by atoms with Gasteiger partial charge >= 0.3 is 0 Å². The molecule has 0 bridgehead atoms. The Labute approximate surface area is 145 Å². The number of carbonyl (C=O) groups is 1. The molecule has 3 rings (SSSR count). The van der Waals surface area contributed by atoms with Crippen molar-refractivity contribution in [2.75, 3.05) is 0 Å². The number of hydrogen-bond donors (Lipinski definition) is 1. The number of carbonyl (C=O) groups excluding carboxylic acids is 1. The van der Waals surface area contributed by atoms with Crippen molar-refractivity contribution >= 4 is 21.8 Å². The average molecular weight is 374 g/mol. The molecule has 1 amide bonds. The third kappa shape index (κ3) is 3.00. The standard InChI is InChI=1S/C19H20BrNO2/c1-12(2)16-8-17(18(22)7-15(16)9-20)19(23)21-10-13-5-3-4-6-14(13)11-21/h3-8,12,22H,9-11H2,1-2H3. The maximum Gasteiger partial charge on any atom is 0.258 e. The van der Waals surface area contributed by atoms with Crippen LogP contribution in [0.25, 0.3) is 0 Å². The summed E-state index contributed by atoms with van der Waals surface area (Å²) in [5.41, 5.74) is 4.88. The third-order valence-corrected chi connectivity index (χ3v) is 4.99. The van der Waals surface area contributed by atoms with Gasteiger partial charge in [0.1, 0.15) is 5.75 Å². The quantitative estimate of drug-likeness (QED) is 0.800. The van der Waals surface area contributed by atoms with Crippen molar-refractivity contribution in [2.24, 2.45) is 0 Å². The highest BCUT2D eigenvalue weighted by atomic mass is 79.9. The lowest BCUT2D eigenvalue weighted by atomic mass is 9.94. The summed E-state index contributed by atoms with van der Waals surface area (Å²) in [5, 5.41) is 11.0. The predicted molar refractivity (Wildman–Crippen MR) is 94.8 cm³/mol. The van der Waals surface area contributed by atoms with Crippen LogP contribution in [0.2, 0.25) is 0 Å². The lowest BCUT2D eigenvalue weighted by molar-refractivity contribution is 0.0748. The molecular formula is C19H20BrNO2. The van der Waals surface area contributed by atoms with Crippen LogP contribution in [-0.2, 0) is 18.4 Å². The second-order valence-corrected chi connectivity index (χ2v) is 6.85. The molecule has 1 heterocycles. The van der Waals surface area contributed by atoms with Crippen LogP contribution in [0.5, 0.6) is 5.75 Å². The second-order valence-electron chi connectivity index (χ2n) is 6.29. The summed E-state index contributed by atoms with van der Waals surface area (Å²) < 4.78 is 0. The average Bonchev–Trinajstić information content (AvgIpc) is 2.97. The van der Waals surface area contributed by atoms with E-state index in [4.69, 9.17) is 0 Å². The normalized spacial score (nSPS) is 13.5. The second kappa shape index (κ2) is 6.36. The number of phenolic OH excluding ortho intramolecular Hbond substituents is 1. The first-order chi connectivity index (χ1) is 11.0. The van der Waals surface area contributed by atoms with E-state index < -0.39 is 0 Å². The molecule has 0 aliphatic carbocycles. The van der Waals surface area contributed by atoms with Crippen LogP contribution in [0.15, 0.2) is 36.4 Å². The molecule has 0 atom stereocenters. The van der Waals surface area contributed by atoms with Gasteiger partial charge in [-0.1, -0.05) is 54.0 Å². The Bertz CT molecular complexity index is 730. The molecule has 0 aromatic heterocycles. The van der Waals surface area contributed by atoms with Crippen molar-refractivity contribution in [1.82, 2.24) is 4.90 Å². The zero-order chi connectivity index (χ0) is 16.6. The fourth-order valence-electron chi connectivity index (χ4n) is 3.12. The zero-order valence-corrected chi connectivity index (χ0v) is 14.9. The van der Waals surface area contributed by atoms with Crippen molar-refractivity contribution in [2.45, 2.75) is 38.2 Å². The minimum atomic E-state index is -0.110. The largest absolute Gasteiger partial charge is 0.507 e. The highest BCUT2D eigenvalue weighted by molar-refractivity contribution is 9.08. The van der Waals surface area contributed by atoms with E-state index >= 15 is 0 Å². The number of nitrogens with zero attached hydrogens (tertiary/aromatic N) is 1. The summed E-state index contributed by atoms with van der Waals surface area (Å²) in [7, 11) is 0. The number of amides is 1. The Hall–Kier alpha value is -1.81. The van der Waals surface area contributed by atoms with Gasteiger partial charge in [-0.2, -0.15) is 0 Å². The SMILES string of the molecule is CC(C)c1cc(C(=O)N2Cc3ccccc3C2)c(O)cc1CBr. The fraction of sp³-hybridized carbons (Fsp3) is 0.316. The first kappa shape index (κ1) is 16.1. The van der Waals surface area contributed by atoms with Crippen LogP contribution in [0.3, 0.4) is 0 Å².